The highest BCUT2D eigenvalue weighted by molar-refractivity contribution is 5.91. The Kier molecular flexibility index (Phi) is 23.3. The first-order valence-corrected chi connectivity index (χ1v) is 26.6. The maximum Gasteiger partial charge on any atom is 0.308 e. The Hall–Kier alpha value is -5.01. The van der Waals surface area contributed by atoms with Crippen molar-refractivity contribution in [3.05, 3.63) is 66.2 Å². The molecule has 0 aromatic carbocycles. The van der Waals surface area contributed by atoms with E-state index in [0.717, 1.165) is 11.1 Å². The van der Waals surface area contributed by atoms with Crippen molar-refractivity contribution in [2.45, 2.75) is 167 Å². The van der Waals surface area contributed by atoms with Crippen LogP contribution in [0.3, 0.4) is 0 Å². The molecule has 6 rings (SSSR count). The fourth-order valence-electron chi connectivity index (χ4n) is 10.5. The summed E-state index contributed by atoms with van der Waals surface area (Å²) in [7, 11) is 6.53. The Morgan fingerprint density at radius 3 is 2.30 bits per heavy atom. The molecule has 0 spiro atoms. The molecular formula is C55H81N5O17. The van der Waals surface area contributed by atoms with E-state index < -0.39 is 121 Å². The van der Waals surface area contributed by atoms with Gasteiger partial charge in [-0.3, -0.25) is 24.1 Å². The van der Waals surface area contributed by atoms with Crippen LogP contribution in [0.1, 0.15) is 86.6 Å². The van der Waals surface area contributed by atoms with Gasteiger partial charge in [-0.15, -0.1) is 0 Å². The number of carbonyl (C=O) groups is 4. The molecule has 0 amide bonds. The summed E-state index contributed by atoms with van der Waals surface area (Å²) in [4.78, 5) is 66.4. The van der Waals surface area contributed by atoms with Gasteiger partial charge >= 0.3 is 17.9 Å². The quantitative estimate of drug-likeness (QED) is 0.144. The van der Waals surface area contributed by atoms with Gasteiger partial charge in [0, 0.05) is 76.6 Å². The second-order valence-corrected chi connectivity index (χ2v) is 20.7. The molecule has 3 fully saturated rings. The number of likely N-dealkylation sites (N-methyl/N-ethyl adjacent to an activating group) is 1. The predicted octanol–water partition coefficient (Wildman–Crippen LogP) is 4.71. The number of esters is 3. The molecule has 2 aromatic heterocycles. The molecule has 17 atom stereocenters. The number of aromatic nitrogens is 3. The minimum atomic E-state index is -1.22. The molecule has 22 nitrogen and oxygen atoms in total. The summed E-state index contributed by atoms with van der Waals surface area (Å²) in [5, 5.41) is 19.5. The maximum absolute atomic E-state index is 14.7. The van der Waals surface area contributed by atoms with E-state index in [9.17, 15) is 24.3 Å². The number of pyridine rings is 1. The lowest BCUT2D eigenvalue weighted by Gasteiger charge is -2.48. The van der Waals surface area contributed by atoms with Crippen LogP contribution >= 0.6 is 0 Å². The van der Waals surface area contributed by atoms with Crippen LogP contribution in [0.2, 0.25) is 0 Å². The third kappa shape index (κ3) is 16.8. The van der Waals surface area contributed by atoms with Crippen LogP contribution in [0.5, 0.6) is 0 Å². The number of aliphatic hydroxyl groups is 1. The molecule has 3 saturated heterocycles. The van der Waals surface area contributed by atoms with Gasteiger partial charge in [0.25, 0.3) is 0 Å². The lowest BCUT2D eigenvalue weighted by atomic mass is 9.79. The lowest BCUT2D eigenvalue weighted by Crippen LogP contribution is -2.65. The topological polar surface area (TPSA) is 246 Å². The van der Waals surface area contributed by atoms with Gasteiger partial charge in [-0.1, -0.05) is 49.7 Å². The number of hydrogen-bond donors (Lipinski definition) is 1. The number of fused-ring (bicyclic) bond motifs is 3. The van der Waals surface area contributed by atoms with Gasteiger partial charge in [0.05, 0.1) is 56.7 Å². The first-order valence-electron chi connectivity index (χ1n) is 26.6. The Morgan fingerprint density at radius 1 is 0.922 bits per heavy atom. The maximum atomic E-state index is 14.7. The second kappa shape index (κ2) is 29.3. The molecule has 1 N–H and O–H groups in total. The highest BCUT2D eigenvalue weighted by atomic mass is 16.7. The molecule has 0 saturated carbocycles. The van der Waals surface area contributed by atoms with Gasteiger partial charge in [-0.05, 0) is 78.3 Å². The van der Waals surface area contributed by atoms with E-state index in [1.807, 2.05) is 52.0 Å². The Labute approximate surface area is 451 Å². The molecule has 2 unspecified atom stereocenters. The van der Waals surface area contributed by atoms with E-state index in [0.29, 0.717) is 30.8 Å². The van der Waals surface area contributed by atoms with Crippen LogP contribution < -0.4 is 0 Å². The first kappa shape index (κ1) is 61.2. The van der Waals surface area contributed by atoms with Crippen molar-refractivity contribution in [3.63, 3.8) is 0 Å². The Balaban J connectivity index is 1.37. The van der Waals surface area contributed by atoms with E-state index in [1.165, 1.54) is 28.1 Å². The zero-order chi connectivity index (χ0) is 55.9. The number of ketones is 1. The molecule has 4 aliphatic heterocycles. The van der Waals surface area contributed by atoms with Gasteiger partial charge < -0.3 is 62.0 Å². The summed E-state index contributed by atoms with van der Waals surface area (Å²) in [5.74, 6) is -3.42. The van der Waals surface area contributed by atoms with Gasteiger partial charge in [-0.2, -0.15) is 5.10 Å². The summed E-state index contributed by atoms with van der Waals surface area (Å²) in [5.41, 5.74) is 1.87. The molecule has 2 aromatic rings. The molecule has 0 radical (unpaired) electrons. The highest BCUT2D eigenvalue weighted by Gasteiger charge is 2.52. The van der Waals surface area contributed by atoms with Crippen molar-refractivity contribution in [1.29, 1.82) is 0 Å². The van der Waals surface area contributed by atoms with Crippen molar-refractivity contribution in [2.24, 2.45) is 28.8 Å². The molecule has 22 heteroatoms. The molecule has 428 valence electrons. The Morgan fingerprint density at radius 2 is 1.65 bits per heavy atom. The standard InChI is InChI=1S/C55H81N5O17/c1-13-43-40(28-70-54-53(67-12)52(66-11)48(65)34(5)72-54)23-31(2)15-17-42(63)32(3)24-39-19-22-68-29-41(58-71-27-38-16-18-45(56-26-38)60-21-14-20-57-60)30-69-44(25-46(64)76-43)33(4)49(39)77-55-51(75-37(8)62)47(59(9)10)50(35(6)73-55)74-36(7)61/h14-18,20-21,23,26,32-35,39-40,43-44,47-55,65H,13,19,22,24-25,27-30H2,1-12H3/b17-15+,31-23+,58-41+/t32-,33+,34-,35-,39+,40-,43-,44-,47+,48-,49-,50-,51-,52-,53-,54?,55?/m1/s1. The molecule has 4 aliphatic rings. The van der Waals surface area contributed by atoms with E-state index in [1.54, 1.807) is 68.3 Å². The largest absolute Gasteiger partial charge is 0.462 e. The zero-order valence-electron chi connectivity index (χ0n) is 46.6. The number of rotatable bonds is 15. The van der Waals surface area contributed by atoms with Gasteiger partial charge in [0.1, 0.15) is 42.8 Å². The lowest BCUT2D eigenvalue weighted by molar-refractivity contribution is -0.308. The third-order valence-corrected chi connectivity index (χ3v) is 14.6. The molecule has 0 aliphatic carbocycles. The predicted molar refractivity (Wildman–Crippen MR) is 277 cm³/mol. The van der Waals surface area contributed by atoms with Crippen LogP contribution in [0, 0.1) is 23.7 Å². The van der Waals surface area contributed by atoms with Crippen LogP contribution in [0.25, 0.3) is 5.82 Å². The molecule has 2 bridgehead atoms. The number of aliphatic hydroxyl groups excluding tert-OH is 1. The third-order valence-electron chi connectivity index (χ3n) is 14.6. The summed E-state index contributed by atoms with van der Waals surface area (Å²) in [6, 6.07) is 4.78. The molecule has 77 heavy (non-hydrogen) atoms. The second-order valence-electron chi connectivity index (χ2n) is 20.7. The van der Waals surface area contributed by atoms with Crippen LogP contribution in [-0.4, -0.2) is 189 Å². The van der Waals surface area contributed by atoms with Crippen molar-refractivity contribution >= 4 is 29.4 Å². The number of cyclic esters (lactones) is 1. The number of hydrogen-bond acceptors (Lipinski definition) is 21. The normalized spacial score (nSPS) is 35.8. The summed E-state index contributed by atoms with van der Waals surface area (Å²) in [6.07, 6.45) is 0.626. The van der Waals surface area contributed by atoms with Gasteiger partial charge in [0.2, 0.25) is 0 Å². The van der Waals surface area contributed by atoms with E-state index >= 15 is 0 Å². The van der Waals surface area contributed by atoms with Crippen LogP contribution in [0.15, 0.2) is 65.7 Å². The highest BCUT2D eigenvalue weighted by Crippen LogP contribution is 2.37. The number of methoxy groups -OCH3 is 2. The fourth-order valence-corrected chi connectivity index (χ4v) is 10.5. The minimum Gasteiger partial charge on any atom is -0.462 e. The number of oxime groups is 1. The van der Waals surface area contributed by atoms with Crippen LogP contribution in [0.4, 0.5) is 0 Å². The SMILES string of the molecule is CC[C@H]1OC(=O)C[C@H]2OC/C(=N/OCc3ccc(-n4cccn4)nc3)COCC[C@@H](C[C@@H](C)C(=O)/C=C/C(C)=C/[C@@H]1COC1O[C@H](C)[C@@H](O)[C@@H](OC)[C@H]1OC)[C@H](OC1O[C@H](C)[C@@H](OC(C)=O)[C@H](N(C)C)[C@H]1OC(C)=O)[C@H]2C. The summed E-state index contributed by atoms with van der Waals surface area (Å²) < 4.78 is 70.4. The number of nitrogens with zero attached hydrogens (tertiary/aromatic N) is 5. The van der Waals surface area contributed by atoms with Gasteiger partial charge in [0.15, 0.2) is 30.3 Å². The Bertz CT molecular complexity index is 2300. The molecule has 6 heterocycles. The average molecular weight is 1080 g/mol. The average Bonchev–Trinajstić information content (AvgIpc) is 3.93. The summed E-state index contributed by atoms with van der Waals surface area (Å²) in [6.45, 7) is 13.7. The number of allylic oxidation sites excluding steroid dienone is 3. The van der Waals surface area contributed by atoms with Crippen molar-refractivity contribution in [1.82, 2.24) is 19.7 Å². The van der Waals surface area contributed by atoms with E-state index in [2.05, 4.69) is 15.2 Å². The van der Waals surface area contributed by atoms with Crippen molar-refractivity contribution in [2.75, 3.05) is 54.7 Å². The summed E-state index contributed by atoms with van der Waals surface area (Å²) >= 11 is 0. The van der Waals surface area contributed by atoms with Crippen LogP contribution in [-0.2, 0) is 82.7 Å². The minimum absolute atomic E-state index is 0.00104. The molecular weight excluding hydrogens is 1000 g/mol. The van der Waals surface area contributed by atoms with Crippen molar-refractivity contribution in [3.8, 4) is 5.82 Å². The number of ether oxygens (including phenoxy) is 11. The monoisotopic (exact) mass is 1080 g/mol. The van der Waals surface area contributed by atoms with Gasteiger partial charge in [-0.25, -0.2) is 9.67 Å². The smallest absolute Gasteiger partial charge is 0.308 e. The first-order chi connectivity index (χ1) is 36.8. The zero-order valence-corrected chi connectivity index (χ0v) is 46.6. The fraction of sp³-hybridized carbons (Fsp3) is 0.691. The van der Waals surface area contributed by atoms with E-state index in [-0.39, 0.29) is 45.2 Å². The van der Waals surface area contributed by atoms with Crippen molar-refractivity contribution < 1.29 is 81.2 Å². The van der Waals surface area contributed by atoms with E-state index in [4.69, 9.17) is 56.9 Å². The number of carbonyl (C=O) groups excluding carboxylic acids is 4.